The molecule has 1 aliphatic rings. The van der Waals surface area contributed by atoms with Crippen LogP contribution in [-0.4, -0.2) is 34.5 Å². The van der Waals surface area contributed by atoms with Gasteiger partial charge in [0.15, 0.2) is 0 Å². The summed E-state index contributed by atoms with van der Waals surface area (Å²) >= 11 is 0. The van der Waals surface area contributed by atoms with E-state index in [1.165, 1.54) is 7.05 Å². The Kier molecular flexibility index (Phi) is 4.84. The lowest BCUT2D eigenvalue weighted by Gasteiger charge is -2.23. The number of fused-ring (bicyclic) bond motifs is 1. The summed E-state index contributed by atoms with van der Waals surface area (Å²) in [6, 6.07) is 3.45. The molecule has 0 unspecified atom stereocenters. The highest BCUT2D eigenvalue weighted by atomic mass is 32.2. The summed E-state index contributed by atoms with van der Waals surface area (Å²) in [5.74, 6) is -0.190. The normalized spacial score (nSPS) is 14.2. The van der Waals surface area contributed by atoms with Crippen LogP contribution in [0.1, 0.15) is 24.0 Å². The molecule has 0 aromatic heterocycles. The summed E-state index contributed by atoms with van der Waals surface area (Å²) in [6.45, 7) is 2.92. The van der Waals surface area contributed by atoms with E-state index in [1.807, 2.05) is 13.0 Å². The Morgan fingerprint density at radius 2 is 2.14 bits per heavy atom. The van der Waals surface area contributed by atoms with Crippen molar-refractivity contribution >= 4 is 21.6 Å². The van der Waals surface area contributed by atoms with E-state index >= 15 is 0 Å². The van der Waals surface area contributed by atoms with Gasteiger partial charge in [-0.1, -0.05) is 6.07 Å². The Balaban J connectivity index is 2.22. The van der Waals surface area contributed by atoms with Crippen LogP contribution in [-0.2, 0) is 21.2 Å². The van der Waals surface area contributed by atoms with Crippen LogP contribution in [0.5, 0.6) is 0 Å². The predicted octanol–water partition coefficient (Wildman–Crippen LogP) is 0.768. The van der Waals surface area contributed by atoms with Gasteiger partial charge in [-0.15, -0.1) is 0 Å². The lowest BCUT2D eigenvalue weighted by atomic mass is 10.00. The Morgan fingerprint density at radius 1 is 1.38 bits per heavy atom. The molecule has 0 fully saturated rings. The number of amides is 1. The number of hydrogen-bond donors (Lipinski definition) is 3. The summed E-state index contributed by atoms with van der Waals surface area (Å²) in [4.78, 5) is 11.5. The highest BCUT2D eigenvalue weighted by Gasteiger charge is 2.23. The van der Waals surface area contributed by atoms with Crippen molar-refractivity contribution in [3.8, 4) is 0 Å². The van der Waals surface area contributed by atoms with Crippen LogP contribution in [0.3, 0.4) is 0 Å². The topological polar surface area (TPSA) is 87.3 Å². The van der Waals surface area contributed by atoms with Gasteiger partial charge in [0.25, 0.3) is 0 Å². The smallest absolute Gasteiger partial charge is 0.240 e. The van der Waals surface area contributed by atoms with Crippen molar-refractivity contribution in [3.63, 3.8) is 0 Å². The molecule has 1 aromatic carbocycles. The number of anilines is 1. The van der Waals surface area contributed by atoms with Gasteiger partial charge in [-0.3, -0.25) is 4.79 Å². The van der Waals surface area contributed by atoms with Gasteiger partial charge in [-0.2, -0.15) is 0 Å². The van der Waals surface area contributed by atoms with Gasteiger partial charge in [0.1, 0.15) is 0 Å². The molecule has 1 aromatic rings. The van der Waals surface area contributed by atoms with Crippen molar-refractivity contribution in [3.05, 3.63) is 23.3 Å². The lowest BCUT2D eigenvalue weighted by molar-refractivity contribution is -0.120. The predicted molar refractivity (Wildman–Crippen MR) is 81.9 cm³/mol. The van der Waals surface area contributed by atoms with E-state index in [9.17, 15) is 13.2 Å². The number of rotatable bonds is 5. The molecule has 0 atom stereocenters. The third-order valence-corrected chi connectivity index (χ3v) is 5.14. The molecule has 116 valence electrons. The maximum absolute atomic E-state index is 12.4. The largest absolute Gasteiger partial charge is 0.385 e. The van der Waals surface area contributed by atoms with Gasteiger partial charge in [-0.25, -0.2) is 13.1 Å². The zero-order chi connectivity index (χ0) is 15.5. The summed E-state index contributed by atoms with van der Waals surface area (Å²) in [7, 11) is -2.07. The molecule has 0 bridgehead atoms. The standard InChI is InChI=1S/C14H21N3O3S/c1-10-5-6-12(11-4-3-8-16-14(10)11)21(19,20)17-9-7-13(18)15-2/h5-6,16-17H,3-4,7-9H2,1-2H3,(H,15,18). The Labute approximate surface area is 125 Å². The highest BCUT2D eigenvalue weighted by molar-refractivity contribution is 7.89. The van der Waals surface area contributed by atoms with Crippen LogP contribution in [0.4, 0.5) is 5.69 Å². The highest BCUT2D eigenvalue weighted by Crippen LogP contribution is 2.31. The molecule has 1 heterocycles. The minimum Gasteiger partial charge on any atom is -0.385 e. The van der Waals surface area contributed by atoms with Crippen molar-refractivity contribution in [1.29, 1.82) is 0 Å². The number of benzene rings is 1. The maximum atomic E-state index is 12.4. The zero-order valence-electron chi connectivity index (χ0n) is 12.3. The molecule has 21 heavy (non-hydrogen) atoms. The fourth-order valence-corrected chi connectivity index (χ4v) is 3.77. The Hall–Kier alpha value is -1.60. The maximum Gasteiger partial charge on any atom is 0.240 e. The summed E-state index contributed by atoms with van der Waals surface area (Å²) in [5, 5.41) is 5.74. The number of hydrogen-bond acceptors (Lipinski definition) is 4. The van der Waals surface area contributed by atoms with Crippen LogP contribution < -0.4 is 15.4 Å². The zero-order valence-corrected chi connectivity index (χ0v) is 13.1. The number of carbonyl (C=O) groups is 1. The molecule has 0 aliphatic carbocycles. The summed E-state index contributed by atoms with van der Waals surface area (Å²) in [6.07, 6.45) is 1.79. The van der Waals surface area contributed by atoms with E-state index in [0.717, 1.165) is 36.2 Å². The first-order valence-corrected chi connectivity index (χ1v) is 8.50. The van der Waals surface area contributed by atoms with E-state index in [-0.39, 0.29) is 18.9 Å². The fourth-order valence-electron chi connectivity index (χ4n) is 2.47. The van der Waals surface area contributed by atoms with E-state index in [1.54, 1.807) is 6.07 Å². The monoisotopic (exact) mass is 311 g/mol. The van der Waals surface area contributed by atoms with E-state index < -0.39 is 10.0 Å². The van der Waals surface area contributed by atoms with Gasteiger partial charge in [0, 0.05) is 32.2 Å². The third-order valence-electron chi connectivity index (χ3n) is 3.60. The molecule has 7 heteroatoms. The van der Waals surface area contributed by atoms with E-state index in [0.29, 0.717) is 4.90 Å². The third kappa shape index (κ3) is 3.54. The number of carbonyl (C=O) groups excluding carboxylic acids is 1. The van der Waals surface area contributed by atoms with Crippen LogP contribution >= 0.6 is 0 Å². The van der Waals surface area contributed by atoms with E-state index in [4.69, 9.17) is 0 Å². The summed E-state index contributed by atoms with van der Waals surface area (Å²) < 4.78 is 27.3. The lowest BCUT2D eigenvalue weighted by Crippen LogP contribution is -2.30. The first kappa shape index (κ1) is 15.8. The Morgan fingerprint density at radius 3 is 2.86 bits per heavy atom. The minimum atomic E-state index is -3.59. The van der Waals surface area contributed by atoms with Gasteiger partial charge in [0.05, 0.1) is 4.90 Å². The number of sulfonamides is 1. The molecule has 3 N–H and O–H groups in total. The van der Waals surface area contributed by atoms with Gasteiger partial charge < -0.3 is 10.6 Å². The molecular formula is C14H21N3O3S. The summed E-state index contributed by atoms with van der Waals surface area (Å²) in [5.41, 5.74) is 2.82. The van der Waals surface area contributed by atoms with Crippen molar-refractivity contribution in [2.24, 2.45) is 0 Å². The molecule has 6 nitrogen and oxygen atoms in total. The second kappa shape index (κ2) is 6.44. The average Bonchev–Trinajstić information content (AvgIpc) is 2.47. The molecule has 0 saturated carbocycles. The van der Waals surface area contributed by atoms with E-state index in [2.05, 4.69) is 15.4 Å². The molecule has 1 amide bonds. The van der Waals surface area contributed by atoms with Gasteiger partial charge in [0.2, 0.25) is 15.9 Å². The van der Waals surface area contributed by atoms with Crippen LogP contribution in [0.15, 0.2) is 17.0 Å². The van der Waals surface area contributed by atoms with Crippen LogP contribution in [0.25, 0.3) is 0 Å². The number of nitrogens with one attached hydrogen (secondary N) is 3. The molecule has 0 radical (unpaired) electrons. The first-order valence-electron chi connectivity index (χ1n) is 7.02. The molecular weight excluding hydrogens is 290 g/mol. The van der Waals surface area contributed by atoms with Crippen LogP contribution in [0.2, 0.25) is 0 Å². The molecule has 0 saturated heterocycles. The molecule has 0 spiro atoms. The quantitative estimate of drug-likeness (QED) is 0.749. The fraction of sp³-hybridized carbons (Fsp3) is 0.500. The number of aryl methyl sites for hydroxylation is 1. The van der Waals surface area contributed by atoms with Gasteiger partial charge >= 0.3 is 0 Å². The van der Waals surface area contributed by atoms with Crippen molar-refractivity contribution in [2.75, 3.05) is 25.5 Å². The first-order chi connectivity index (χ1) is 9.95. The van der Waals surface area contributed by atoms with Crippen molar-refractivity contribution in [2.45, 2.75) is 31.1 Å². The SMILES string of the molecule is CNC(=O)CCNS(=O)(=O)c1ccc(C)c2c1CCCN2. The second-order valence-electron chi connectivity index (χ2n) is 5.09. The minimum absolute atomic E-state index is 0.0953. The molecule has 2 rings (SSSR count). The molecule has 1 aliphatic heterocycles. The second-order valence-corrected chi connectivity index (χ2v) is 6.82. The Bertz CT molecular complexity index is 641. The average molecular weight is 311 g/mol. The van der Waals surface area contributed by atoms with Gasteiger partial charge in [-0.05, 0) is 37.0 Å². The van der Waals surface area contributed by atoms with Crippen molar-refractivity contribution in [1.82, 2.24) is 10.0 Å². The van der Waals surface area contributed by atoms with Crippen LogP contribution in [0, 0.1) is 6.92 Å². The van der Waals surface area contributed by atoms with Crippen molar-refractivity contribution < 1.29 is 13.2 Å².